The summed E-state index contributed by atoms with van der Waals surface area (Å²) >= 11 is 0. The zero-order valence-electron chi connectivity index (χ0n) is 15.9. The number of aldehydes is 1. The van der Waals surface area contributed by atoms with Crippen molar-refractivity contribution in [3.8, 4) is 0 Å². The molecule has 0 saturated heterocycles. The maximum absolute atomic E-state index is 11.3. The second kappa shape index (κ2) is 12.8. The summed E-state index contributed by atoms with van der Waals surface area (Å²) in [4.78, 5) is 21.8. The van der Waals surface area contributed by atoms with Crippen LogP contribution in [0.5, 0.6) is 0 Å². The number of hydrogen-bond acceptors (Lipinski definition) is 4. The maximum Gasteiger partial charge on any atom is 0.303 e. The smallest absolute Gasteiger partial charge is 0.303 e. The first-order valence-electron chi connectivity index (χ1n) is 9.92. The van der Waals surface area contributed by atoms with E-state index in [1.54, 1.807) is 6.08 Å². The molecule has 5 heteroatoms. The van der Waals surface area contributed by atoms with E-state index in [2.05, 4.69) is 6.92 Å². The van der Waals surface area contributed by atoms with Crippen LogP contribution in [0.15, 0.2) is 23.3 Å². The third kappa shape index (κ3) is 8.28. The van der Waals surface area contributed by atoms with Gasteiger partial charge < -0.3 is 15.3 Å². The fraction of sp³-hybridized carbons (Fsp3) is 0.714. The molecule has 0 amide bonds. The van der Waals surface area contributed by atoms with Crippen molar-refractivity contribution in [3.05, 3.63) is 23.3 Å². The lowest BCUT2D eigenvalue weighted by molar-refractivity contribution is -0.137. The average molecular weight is 366 g/mol. The van der Waals surface area contributed by atoms with Gasteiger partial charge in [-0.1, -0.05) is 56.8 Å². The monoisotopic (exact) mass is 366 g/mol. The lowest BCUT2D eigenvalue weighted by Gasteiger charge is -2.16. The van der Waals surface area contributed by atoms with Crippen LogP contribution in [0.3, 0.4) is 0 Å². The van der Waals surface area contributed by atoms with Crippen molar-refractivity contribution < 1.29 is 24.9 Å². The van der Waals surface area contributed by atoms with Gasteiger partial charge >= 0.3 is 5.97 Å². The van der Waals surface area contributed by atoms with Gasteiger partial charge in [-0.25, -0.2) is 0 Å². The first-order valence-corrected chi connectivity index (χ1v) is 9.92. The molecule has 0 heterocycles. The topological polar surface area (TPSA) is 94.8 Å². The highest BCUT2D eigenvalue weighted by Crippen LogP contribution is 2.36. The Kier molecular flexibility index (Phi) is 11.1. The van der Waals surface area contributed by atoms with Crippen LogP contribution in [-0.4, -0.2) is 39.8 Å². The van der Waals surface area contributed by atoms with Crippen LogP contribution in [0.2, 0.25) is 0 Å². The molecule has 148 valence electrons. The van der Waals surface area contributed by atoms with Crippen LogP contribution in [0.4, 0.5) is 0 Å². The van der Waals surface area contributed by atoms with Gasteiger partial charge in [-0.3, -0.25) is 9.59 Å². The number of unbranched alkanes of at least 4 members (excludes halogenated alkanes) is 5. The van der Waals surface area contributed by atoms with Crippen molar-refractivity contribution in [1.82, 2.24) is 0 Å². The molecular formula is C21H34O5. The number of carbonyl (C=O) groups is 2. The second-order valence-corrected chi connectivity index (χ2v) is 7.22. The Morgan fingerprint density at radius 3 is 2.58 bits per heavy atom. The third-order valence-electron chi connectivity index (χ3n) is 5.03. The minimum Gasteiger partial charge on any atom is -0.481 e. The third-order valence-corrected chi connectivity index (χ3v) is 5.03. The van der Waals surface area contributed by atoms with Crippen molar-refractivity contribution >= 4 is 12.3 Å². The minimum absolute atomic E-state index is 0.197. The van der Waals surface area contributed by atoms with Crippen molar-refractivity contribution in [3.63, 3.8) is 0 Å². The number of carbonyl (C=O) groups excluding carboxylic acids is 1. The highest BCUT2D eigenvalue weighted by molar-refractivity contribution is 5.76. The molecule has 0 aromatic carbocycles. The lowest BCUT2D eigenvalue weighted by Crippen LogP contribution is -2.15. The first kappa shape index (κ1) is 22.6. The summed E-state index contributed by atoms with van der Waals surface area (Å²) in [6, 6.07) is 0. The molecule has 0 unspecified atom stereocenters. The van der Waals surface area contributed by atoms with Gasteiger partial charge in [-0.15, -0.1) is 0 Å². The van der Waals surface area contributed by atoms with E-state index in [1.165, 1.54) is 0 Å². The molecule has 0 aromatic heterocycles. The number of hydrogen-bond donors (Lipinski definition) is 3. The lowest BCUT2D eigenvalue weighted by atomic mass is 9.92. The second-order valence-electron chi connectivity index (χ2n) is 7.22. The minimum atomic E-state index is -0.766. The summed E-state index contributed by atoms with van der Waals surface area (Å²) in [5, 5.41) is 29.0. The molecule has 0 bridgehead atoms. The van der Waals surface area contributed by atoms with Gasteiger partial charge in [0, 0.05) is 18.8 Å². The summed E-state index contributed by atoms with van der Waals surface area (Å²) in [5.41, 5.74) is 1.65. The Morgan fingerprint density at radius 2 is 1.92 bits per heavy atom. The van der Waals surface area contributed by atoms with Gasteiger partial charge in [0.2, 0.25) is 0 Å². The van der Waals surface area contributed by atoms with Gasteiger partial charge in [0.25, 0.3) is 0 Å². The number of rotatable bonds is 14. The highest BCUT2D eigenvalue weighted by atomic mass is 16.4. The summed E-state index contributed by atoms with van der Waals surface area (Å²) < 4.78 is 0. The normalized spacial score (nSPS) is 21.5. The molecule has 26 heavy (non-hydrogen) atoms. The molecule has 0 radical (unpaired) electrons. The summed E-state index contributed by atoms with van der Waals surface area (Å²) in [7, 11) is 0. The molecule has 3 atom stereocenters. The number of aliphatic carboxylic acids is 1. The molecular weight excluding hydrogens is 332 g/mol. The predicted octanol–water partition coefficient (Wildman–Crippen LogP) is 3.79. The standard InChI is InChI=1S/C21H34O5/c1-2-3-6-9-17(23)12-13-19-18(16(15-22)14-20(19)24)10-7-4-5-8-11-21(25)26/h12-13,15,17,19-20,23-24H,2-11,14H2,1H3,(H,25,26)/b13-12+/t17-,19+,20+/m0/s1. The largest absolute Gasteiger partial charge is 0.481 e. The van der Waals surface area contributed by atoms with Crippen molar-refractivity contribution in [2.45, 2.75) is 89.8 Å². The van der Waals surface area contributed by atoms with E-state index in [0.717, 1.165) is 63.2 Å². The molecule has 1 rings (SSSR count). The zero-order chi connectivity index (χ0) is 19.4. The Hall–Kier alpha value is -1.46. The van der Waals surface area contributed by atoms with Crippen molar-refractivity contribution in [2.75, 3.05) is 0 Å². The van der Waals surface area contributed by atoms with Crippen LogP contribution >= 0.6 is 0 Å². The fourth-order valence-corrected chi connectivity index (χ4v) is 3.52. The molecule has 0 saturated carbocycles. The van der Waals surface area contributed by atoms with Gasteiger partial charge in [-0.2, -0.15) is 0 Å². The Labute approximate surface area is 156 Å². The van der Waals surface area contributed by atoms with Crippen LogP contribution in [0.1, 0.15) is 77.6 Å². The van der Waals surface area contributed by atoms with E-state index in [-0.39, 0.29) is 12.3 Å². The van der Waals surface area contributed by atoms with Crippen molar-refractivity contribution in [2.24, 2.45) is 5.92 Å². The van der Waals surface area contributed by atoms with E-state index >= 15 is 0 Å². The van der Waals surface area contributed by atoms with Gasteiger partial charge in [0.15, 0.2) is 0 Å². The van der Waals surface area contributed by atoms with E-state index in [1.807, 2.05) is 6.08 Å². The molecule has 0 aliphatic heterocycles. The van der Waals surface area contributed by atoms with E-state index in [0.29, 0.717) is 18.4 Å². The number of carboxylic acid groups (broad SMARTS) is 1. The summed E-state index contributed by atoms with van der Waals surface area (Å²) in [6.45, 7) is 2.12. The van der Waals surface area contributed by atoms with Crippen LogP contribution in [-0.2, 0) is 9.59 Å². The first-order chi connectivity index (χ1) is 12.5. The fourth-order valence-electron chi connectivity index (χ4n) is 3.52. The predicted molar refractivity (Wildman–Crippen MR) is 102 cm³/mol. The molecule has 0 spiro atoms. The summed E-state index contributed by atoms with van der Waals surface area (Å²) in [6.07, 6.45) is 11.9. The number of aliphatic hydroxyl groups excluding tert-OH is 2. The Balaban J connectivity index is 2.52. The van der Waals surface area contributed by atoms with E-state index in [4.69, 9.17) is 5.11 Å². The van der Waals surface area contributed by atoms with E-state index < -0.39 is 18.2 Å². The van der Waals surface area contributed by atoms with Crippen LogP contribution in [0.25, 0.3) is 0 Å². The molecule has 0 aromatic rings. The molecule has 3 N–H and O–H groups in total. The van der Waals surface area contributed by atoms with Crippen LogP contribution in [0, 0.1) is 5.92 Å². The van der Waals surface area contributed by atoms with Gasteiger partial charge in [0.1, 0.15) is 6.29 Å². The Bertz CT molecular complexity index is 495. The Morgan fingerprint density at radius 1 is 1.19 bits per heavy atom. The SMILES string of the molecule is CCCCC[C@H](O)/C=C/[C@@H]1C(CCCCCCC(=O)O)=C(C=O)C[C@H]1O. The van der Waals surface area contributed by atoms with E-state index in [9.17, 15) is 19.8 Å². The zero-order valence-corrected chi connectivity index (χ0v) is 15.9. The highest BCUT2D eigenvalue weighted by Gasteiger charge is 2.31. The molecule has 5 nitrogen and oxygen atoms in total. The van der Waals surface area contributed by atoms with Gasteiger partial charge in [0.05, 0.1) is 12.2 Å². The number of aliphatic hydroxyl groups is 2. The van der Waals surface area contributed by atoms with Crippen molar-refractivity contribution in [1.29, 1.82) is 0 Å². The van der Waals surface area contributed by atoms with Crippen LogP contribution < -0.4 is 0 Å². The molecule has 1 aliphatic carbocycles. The number of carboxylic acids is 1. The average Bonchev–Trinajstić information content (AvgIpc) is 2.91. The quantitative estimate of drug-likeness (QED) is 0.247. The molecule has 1 aliphatic rings. The maximum atomic E-state index is 11.3. The van der Waals surface area contributed by atoms with Gasteiger partial charge in [-0.05, 0) is 31.3 Å². The summed E-state index contributed by atoms with van der Waals surface area (Å²) in [5.74, 6) is -0.965. The molecule has 0 fully saturated rings.